The number of amides is 2. The molecule has 152 valence electrons. The number of aromatic nitrogens is 2. The number of thiophene rings is 1. The molecule has 2 atom stereocenters. The number of hydrogen-bond acceptors (Lipinski definition) is 5. The standard InChI is InChI=1S/C20H28N4O3S/c1-20(2,3)24-17(25)10-14(11-21-19(26)16-6-5-9-28-16)18(24)15-12-22-23(13-15)7-8-27-4/h5-6,9,12-14,18H,7-8,10-11H2,1-4H3,(H,21,26)/t14-,18+/m0/s1. The van der Waals surface area contributed by atoms with Crippen LogP contribution in [-0.2, 0) is 16.1 Å². The molecular formula is C20H28N4O3S. The third kappa shape index (κ3) is 4.44. The number of nitrogens with one attached hydrogen (secondary N) is 1. The fraction of sp³-hybridized carbons (Fsp3) is 0.550. The highest BCUT2D eigenvalue weighted by molar-refractivity contribution is 7.12. The molecule has 1 fully saturated rings. The lowest BCUT2D eigenvalue weighted by Crippen LogP contribution is -2.44. The summed E-state index contributed by atoms with van der Waals surface area (Å²) in [6.45, 7) is 7.81. The van der Waals surface area contributed by atoms with Crippen LogP contribution < -0.4 is 5.32 Å². The predicted octanol–water partition coefficient (Wildman–Crippen LogP) is 2.71. The zero-order valence-electron chi connectivity index (χ0n) is 16.8. The van der Waals surface area contributed by atoms with E-state index in [-0.39, 0.29) is 29.3 Å². The molecule has 0 radical (unpaired) electrons. The molecule has 1 aliphatic rings. The van der Waals surface area contributed by atoms with Gasteiger partial charge < -0.3 is 15.0 Å². The van der Waals surface area contributed by atoms with E-state index in [1.165, 1.54) is 11.3 Å². The summed E-state index contributed by atoms with van der Waals surface area (Å²) in [5.74, 6) is 0.0134. The van der Waals surface area contributed by atoms with Gasteiger partial charge in [0.1, 0.15) is 0 Å². The van der Waals surface area contributed by atoms with E-state index >= 15 is 0 Å². The molecule has 0 saturated carbocycles. The molecule has 2 aromatic rings. The van der Waals surface area contributed by atoms with E-state index in [4.69, 9.17) is 4.74 Å². The van der Waals surface area contributed by atoms with Gasteiger partial charge in [0, 0.05) is 43.3 Å². The number of likely N-dealkylation sites (tertiary alicyclic amines) is 1. The zero-order valence-corrected chi connectivity index (χ0v) is 17.7. The Morgan fingerprint density at radius 3 is 2.86 bits per heavy atom. The first kappa shape index (κ1) is 20.5. The lowest BCUT2D eigenvalue weighted by atomic mass is 9.93. The topological polar surface area (TPSA) is 76.5 Å². The zero-order chi connectivity index (χ0) is 20.3. The average Bonchev–Trinajstić information content (AvgIpc) is 3.36. The summed E-state index contributed by atoms with van der Waals surface area (Å²) in [4.78, 5) is 27.8. The Morgan fingerprint density at radius 1 is 1.43 bits per heavy atom. The minimum absolute atomic E-state index is 0.00397. The van der Waals surface area contributed by atoms with Gasteiger partial charge in [-0.2, -0.15) is 5.10 Å². The number of methoxy groups -OCH3 is 1. The van der Waals surface area contributed by atoms with Crippen LogP contribution >= 0.6 is 11.3 Å². The van der Waals surface area contributed by atoms with Crippen molar-refractivity contribution in [2.75, 3.05) is 20.3 Å². The van der Waals surface area contributed by atoms with Crippen LogP contribution in [0.4, 0.5) is 0 Å². The van der Waals surface area contributed by atoms with E-state index < -0.39 is 0 Å². The van der Waals surface area contributed by atoms with Crippen LogP contribution in [-0.4, -0.2) is 52.3 Å². The Bertz CT molecular complexity index is 810. The summed E-state index contributed by atoms with van der Waals surface area (Å²) in [6.07, 6.45) is 4.22. The van der Waals surface area contributed by atoms with E-state index in [0.29, 0.717) is 31.0 Å². The number of hydrogen-bond donors (Lipinski definition) is 1. The van der Waals surface area contributed by atoms with Crippen molar-refractivity contribution in [3.8, 4) is 0 Å². The molecular weight excluding hydrogens is 376 g/mol. The van der Waals surface area contributed by atoms with E-state index in [0.717, 1.165) is 5.56 Å². The van der Waals surface area contributed by atoms with E-state index in [1.807, 2.05) is 54.2 Å². The number of ether oxygens (including phenoxy) is 1. The van der Waals surface area contributed by atoms with Crippen molar-refractivity contribution in [1.82, 2.24) is 20.0 Å². The summed E-state index contributed by atoms with van der Waals surface area (Å²) in [5.41, 5.74) is 0.676. The van der Waals surface area contributed by atoms with Crippen molar-refractivity contribution in [2.24, 2.45) is 5.92 Å². The van der Waals surface area contributed by atoms with Crippen LogP contribution in [0.1, 0.15) is 48.5 Å². The predicted molar refractivity (Wildman–Crippen MR) is 108 cm³/mol. The van der Waals surface area contributed by atoms with Gasteiger partial charge >= 0.3 is 0 Å². The molecule has 3 heterocycles. The van der Waals surface area contributed by atoms with Gasteiger partial charge in [0.2, 0.25) is 5.91 Å². The Labute approximate surface area is 169 Å². The van der Waals surface area contributed by atoms with Crippen LogP contribution in [0.15, 0.2) is 29.9 Å². The molecule has 1 aliphatic heterocycles. The summed E-state index contributed by atoms with van der Waals surface area (Å²) in [5, 5.41) is 9.31. The lowest BCUT2D eigenvalue weighted by Gasteiger charge is -2.38. The van der Waals surface area contributed by atoms with E-state index in [1.54, 1.807) is 13.2 Å². The maximum atomic E-state index is 12.8. The van der Waals surface area contributed by atoms with E-state index in [2.05, 4.69) is 10.4 Å². The van der Waals surface area contributed by atoms with Crippen molar-refractivity contribution in [3.05, 3.63) is 40.3 Å². The number of carbonyl (C=O) groups is 2. The molecule has 8 heteroatoms. The molecule has 2 aromatic heterocycles. The van der Waals surface area contributed by atoms with Crippen LogP contribution in [0.3, 0.4) is 0 Å². The van der Waals surface area contributed by atoms with Gasteiger partial charge in [-0.1, -0.05) is 6.07 Å². The molecule has 7 nitrogen and oxygen atoms in total. The molecule has 1 N–H and O–H groups in total. The Morgan fingerprint density at radius 2 is 2.21 bits per heavy atom. The third-order valence-corrected chi connectivity index (χ3v) is 5.81. The van der Waals surface area contributed by atoms with Gasteiger partial charge in [0.25, 0.3) is 5.91 Å². The molecule has 1 saturated heterocycles. The van der Waals surface area contributed by atoms with Crippen molar-refractivity contribution < 1.29 is 14.3 Å². The van der Waals surface area contributed by atoms with Gasteiger partial charge in [-0.05, 0) is 32.2 Å². The largest absolute Gasteiger partial charge is 0.383 e. The lowest BCUT2D eigenvalue weighted by molar-refractivity contribution is -0.133. The van der Waals surface area contributed by atoms with Gasteiger partial charge in [0.05, 0.1) is 30.3 Å². The van der Waals surface area contributed by atoms with Gasteiger partial charge in [-0.3, -0.25) is 14.3 Å². The van der Waals surface area contributed by atoms with Gasteiger partial charge in [0.15, 0.2) is 0 Å². The SMILES string of the molecule is COCCn1cc([C@H]2[C@H](CNC(=O)c3cccs3)CC(=O)N2C(C)(C)C)cn1. The molecule has 3 rings (SSSR count). The molecule has 0 aliphatic carbocycles. The van der Waals surface area contributed by atoms with Crippen molar-refractivity contribution >= 4 is 23.2 Å². The number of nitrogens with zero attached hydrogens (tertiary/aromatic N) is 3. The Kier molecular flexibility index (Phi) is 6.20. The first-order valence-electron chi connectivity index (χ1n) is 9.46. The molecule has 0 aromatic carbocycles. The second kappa shape index (κ2) is 8.45. The van der Waals surface area contributed by atoms with Crippen molar-refractivity contribution in [2.45, 2.75) is 45.3 Å². The smallest absolute Gasteiger partial charge is 0.261 e. The highest BCUT2D eigenvalue weighted by atomic mass is 32.1. The highest BCUT2D eigenvalue weighted by Crippen LogP contribution is 2.42. The van der Waals surface area contributed by atoms with E-state index in [9.17, 15) is 9.59 Å². The molecule has 0 bridgehead atoms. The minimum atomic E-state index is -0.317. The molecule has 2 amide bonds. The van der Waals surface area contributed by atoms with Crippen LogP contribution in [0.5, 0.6) is 0 Å². The maximum Gasteiger partial charge on any atom is 0.261 e. The number of rotatable bonds is 7. The van der Waals surface area contributed by atoms with Crippen molar-refractivity contribution in [1.29, 1.82) is 0 Å². The molecule has 28 heavy (non-hydrogen) atoms. The van der Waals surface area contributed by atoms with Crippen LogP contribution in [0, 0.1) is 5.92 Å². The summed E-state index contributed by atoms with van der Waals surface area (Å²) in [7, 11) is 1.66. The third-order valence-electron chi connectivity index (χ3n) is 4.94. The quantitative estimate of drug-likeness (QED) is 0.770. The summed E-state index contributed by atoms with van der Waals surface area (Å²) in [6, 6.07) is 3.54. The Balaban J connectivity index is 1.80. The van der Waals surface area contributed by atoms with Crippen LogP contribution in [0.25, 0.3) is 0 Å². The normalized spacial score (nSPS) is 20.0. The van der Waals surface area contributed by atoms with Crippen molar-refractivity contribution in [3.63, 3.8) is 0 Å². The second-order valence-electron chi connectivity index (χ2n) is 8.06. The first-order chi connectivity index (χ1) is 13.3. The fourth-order valence-corrected chi connectivity index (χ4v) is 4.39. The highest BCUT2D eigenvalue weighted by Gasteiger charge is 2.45. The van der Waals surface area contributed by atoms with Gasteiger partial charge in [-0.15, -0.1) is 11.3 Å². The minimum Gasteiger partial charge on any atom is -0.383 e. The summed E-state index contributed by atoms with van der Waals surface area (Å²) >= 11 is 1.41. The van der Waals surface area contributed by atoms with Gasteiger partial charge in [-0.25, -0.2) is 0 Å². The fourth-order valence-electron chi connectivity index (χ4n) is 3.75. The first-order valence-corrected chi connectivity index (χ1v) is 10.3. The maximum absolute atomic E-state index is 12.8. The Hall–Kier alpha value is -2.19. The number of carbonyl (C=O) groups excluding carboxylic acids is 2. The molecule has 0 spiro atoms. The summed E-state index contributed by atoms with van der Waals surface area (Å²) < 4.78 is 6.96. The average molecular weight is 405 g/mol. The molecule has 0 unspecified atom stereocenters. The van der Waals surface area contributed by atoms with Crippen LogP contribution in [0.2, 0.25) is 0 Å². The monoisotopic (exact) mass is 404 g/mol. The second-order valence-corrected chi connectivity index (χ2v) is 9.01.